The van der Waals surface area contributed by atoms with Crippen molar-refractivity contribution in [1.82, 2.24) is 0 Å². The van der Waals surface area contributed by atoms with Gasteiger partial charge in [-0.05, 0) is 18.8 Å². The van der Waals surface area contributed by atoms with Crippen molar-refractivity contribution in [2.45, 2.75) is 64.9 Å². The molecule has 0 aromatic heterocycles. The van der Waals surface area contributed by atoms with E-state index >= 15 is 0 Å². The van der Waals surface area contributed by atoms with Gasteiger partial charge in [-0.15, -0.1) is 0 Å². The Morgan fingerprint density at radius 1 is 1.07 bits per heavy atom. The fraction of sp³-hybridized carbons (Fsp3) is 0.917. The number of carbonyl (C=O) groups is 1. The summed E-state index contributed by atoms with van der Waals surface area (Å²) >= 11 is 0. The van der Waals surface area contributed by atoms with Crippen LogP contribution in [0.25, 0.3) is 0 Å². The highest BCUT2D eigenvalue weighted by Crippen LogP contribution is 2.12. The first-order valence-electron chi connectivity index (χ1n) is 5.92. The lowest BCUT2D eigenvalue weighted by Crippen LogP contribution is -2.09. The van der Waals surface area contributed by atoms with Gasteiger partial charge in [-0.2, -0.15) is 0 Å². The average Bonchev–Trinajstić information content (AvgIpc) is 2.13. The molecule has 3 nitrogen and oxygen atoms in total. The van der Waals surface area contributed by atoms with E-state index in [-0.39, 0.29) is 6.42 Å². The average molecular weight is 216 g/mol. The second kappa shape index (κ2) is 8.72. The number of unbranched alkanes of at least 4 members (excludes halogenated alkanes) is 2. The van der Waals surface area contributed by atoms with Gasteiger partial charge in [0.25, 0.3) is 0 Å². The highest BCUT2D eigenvalue weighted by molar-refractivity contribution is 5.66. The first-order chi connectivity index (χ1) is 7.02. The van der Waals surface area contributed by atoms with Crippen molar-refractivity contribution in [3.8, 4) is 0 Å². The number of carboxylic acid groups (broad SMARTS) is 1. The molecule has 0 aromatic rings. The fourth-order valence-corrected chi connectivity index (χ4v) is 1.54. The zero-order valence-corrected chi connectivity index (χ0v) is 9.91. The second-order valence-corrected chi connectivity index (χ2v) is 4.62. The first kappa shape index (κ1) is 14.4. The van der Waals surface area contributed by atoms with Crippen LogP contribution in [0.15, 0.2) is 0 Å². The first-order valence-corrected chi connectivity index (χ1v) is 5.92. The number of hydrogen-bond acceptors (Lipinski definition) is 2. The standard InChI is InChI=1S/C12H24O3/c1-10(2)6-4-3-5-7-11(13)8-9-12(14)15/h10-11,13H,3-9H2,1-2H3,(H,14,15). The van der Waals surface area contributed by atoms with Crippen molar-refractivity contribution >= 4 is 5.97 Å². The number of rotatable bonds is 9. The molecule has 1 atom stereocenters. The predicted octanol–water partition coefficient (Wildman–Crippen LogP) is 2.82. The Labute approximate surface area is 92.5 Å². The third kappa shape index (κ3) is 11.4. The highest BCUT2D eigenvalue weighted by atomic mass is 16.4. The Balaban J connectivity index is 3.23. The second-order valence-electron chi connectivity index (χ2n) is 4.62. The molecule has 3 heteroatoms. The van der Waals surface area contributed by atoms with Crippen LogP contribution in [-0.4, -0.2) is 22.3 Å². The molecule has 0 bridgehead atoms. The minimum Gasteiger partial charge on any atom is -0.481 e. The Kier molecular flexibility index (Phi) is 8.38. The summed E-state index contributed by atoms with van der Waals surface area (Å²) in [4.78, 5) is 10.2. The van der Waals surface area contributed by atoms with Crippen LogP contribution in [0.4, 0.5) is 0 Å². The maximum Gasteiger partial charge on any atom is 0.303 e. The Morgan fingerprint density at radius 2 is 1.67 bits per heavy atom. The van der Waals surface area contributed by atoms with E-state index in [9.17, 15) is 9.90 Å². The summed E-state index contributed by atoms with van der Waals surface area (Å²) in [7, 11) is 0. The molecule has 0 aliphatic rings. The van der Waals surface area contributed by atoms with Crippen molar-refractivity contribution in [3.05, 3.63) is 0 Å². The van der Waals surface area contributed by atoms with Crippen LogP contribution in [0.3, 0.4) is 0 Å². The lowest BCUT2D eigenvalue weighted by molar-refractivity contribution is -0.137. The van der Waals surface area contributed by atoms with Crippen LogP contribution < -0.4 is 0 Å². The zero-order valence-electron chi connectivity index (χ0n) is 9.91. The van der Waals surface area contributed by atoms with Crippen LogP contribution in [-0.2, 0) is 4.79 Å². The minimum atomic E-state index is -0.825. The summed E-state index contributed by atoms with van der Waals surface area (Å²) in [6, 6.07) is 0. The molecule has 0 saturated heterocycles. The van der Waals surface area contributed by atoms with Gasteiger partial charge in [-0.1, -0.05) is 39.5 Å². The molecule has 0 radical (unpaired) electrons. The quantitative estimate of drug-likeness (QED) is 0.583. The Bertz CT molecular complexity index is 166. The molecular formula is C12H24O3. The molecule has 0 spiro atoms. The normalized spacial score (nSPS) is 13.1. The molecule has 0 amide bonds. The summed E-state index contributed by atoms with van der Waals surface area (Å²) in [6.07, 6.45) is 5.38. The van der Waals surface area contributed by atoms with Crippen molar-refractivity contribution in [1.29, 1.82) is 0 Å². The molecule has 0 aromatic carbocycles. The summed E-state index contributed by atoms with van der Waals surface area (Å²) < 4.78 is 0. The highest BCUT2D eigenvalue weighted by Gasteiger charge is 2.06. The molecule has 90 valence electrons. The minimum absolute atomic E-state index is 0.0765. The fourth-order valence-electron chi connectivity index (χ4n) is 1.54. The molecule has 1 unspecified atom stereocenters. The summed E-state index contributed by atoms with van der Waals surface area (Å²) in [6.45, 7) is 4.42. The molecule has 0 heterocycles. The maximum absolute atomic E-state index is 10.2. The molecular weight excluding hydrogens is 192 g/mol. The van der Waals surface area contributed by atoms with Gasteiger partial charge in [0.05, 0.1) is 6.10 Å². The molecule has 15 heavy (non-hydrogen) atoms. The van der Waals surface area contributed by atoms with Gasteiger partial charge in [0.1, 0.15) is 0 Å². The Morgan fingerprint density at radius 3 is 2.20 bits per heavy atom. The number of carboxylic acids is 1. The van der Waals surface area contributed by atoms with Crippen LogP contribution in [0.1, 0.15) is 58.8 Å². The SMILES string of the molecule is CC(C)CCCCCC(O)CCC(=O)O. The third-order valence-corrected chi connectivity index (χ3v) is 2.51. The van der Waals surface area contributed by atoms with E-state index in [1.807, 2.05) is 0 Å². The van der Waals surface area contributed by atoms with Gasteiger partial charge in [-0.25, -0.2) is 0 Å². The van der Waals surface area contributed by atoms with Gasteiger partial charge in [0, 0.05) is 6.42 Å². The molecule has 0 fully saturated rings. The van der Waals surface area contributed by atoms with Crippen LogP contribution in [0.5, 0.6) is 0 Å². The maximum atomic E-state index is 10.2. The van der Waals surface area contributed by atoms with E-state index < -0.39 is 12.1 Å². The molecule has 0 aliphatic carbocycles. The lowest BCUT2D eigenvalue weighted by Gasteiger charge is -2.09. The van der Waals surface area contributed by atoms with Crippen molar-refractivity contribution < 1.29 is 15.0 Å². The van der Waals surface area contributed by atoms with E-state index in [0.717, 1.165) is 25.2 Å². The summed E-state index contributed by atoms with van der Waals surface area (Å²) in [5.41, 5.74) is 0. The van der Waals surface area contributed by atoms with Crippen molar-refractivity contribution in [3.63, 3.8) is 0 Å². The van der Waals surface area contributed by atoms with E-state index in [1.165, 1.54) is 12.8 Å². The molecule has 0 rings (SSSR count). The van der Waals surface area contributed by atoms with Crippen LogP contribution in [0.2, 0.25) is 0 Å². The predicted molar refractivity (Wildman–Crippen MR) is 60.8 cm³/mol. The van der Waals surface area contributed by atoms with E-state index in [4.69, 9.17) is 5.11 Å². The van der Waals surface area contributed by atoms with E-state index in [2.05, 4.69) is 13.8 Å². The third-order valence-electron chi connectivity index (χ3n) is 2.51. The van der Waals surface area contributed by atoms with Crippen molar-refractivity contribution in [2.75, 3.05) is 0 Å². The van der Waals surface area contributed by atoms with E-state index in [0.29, 0.717) is 6.42 Å². The van der Waals surface area contributed by atoms with Gasteiger partial charge in [-0.3, -0.25) is 4.79 Å². The van der Waals surface area contributed by atoms with E-state index in [1.54, 1.807) is 0 Å². The van der Waals surface area contributed by atoms with Gasteiger partial charge >= 0.3 is 5.97 Å². The molecule has 0 saturated carbocycles. The Hall–Kier alpha value is -0.570. The van der Waals surface area contributed by atoms with Crippen molar-refractivity contribution in [2.24, 2.45) is 5.92 Å². The molecule has 0 aliphatic heterocycles. The number of aliphatic hydroxyl groups excluding tert-OH is 1. The summed E-state index contributed by atoms with van der Waals surface area (Å²) in [5, 5.41) is 17.9. The number of aliphatic hydroxyl groups is 1. The molecule has 2 N–H and O–H groups in total. The number of aliphatic carboxylic acids is 1. The lowest BCUT2D eigenvalue weighted by atomic mass is 10.0. The van der Waals surface area contributed by atoms with Crippen LogP contribution in [0, 0.1) is 5.92 Å². The topological polar surface area (TPSA) is 57.5 Å². The van der Waals surface area contributed by atoms with Gasteiger partial charge in [0.2, 0.25) is 0 Å². The van der Waals surface area contributed by atoms with Gasteiger partial charge < -0.3 is 10.2 Å². The summed E-state index contributed by atoms with van der Waals surface area (Å²) in [5.74, 6) is -0.0733. The largest absolute Gasteiger partial charge is 0.481 e. The van der Waals surface area contributed by atoms with Crippen LogP contribution >= 0.6 is 0 Å². The smallest absolute Gasteiger partial charge is 0.303 e. The monoisotopic (exact) mass is 216 g/mol. The number of hydrogen-bond donors (Lipinski definition) is 2. The zero-order chi connectivity index (χ0) is 11.7. The van der Waals surface area contributed by atoms with Gasteiger partial charge in [0.15, 0.2) is 0 Å².